The fourth-order valence-electron chi connectivity index (χ4n) is 5.42. The smallest absolute Gasteiger partial charge is 0.257 e. The maximum Gasteiger partial charge on any atom is 0.257 e. The first-order valence-corrected chi connectivity index (χ1v) is 13.4. The Morgan fingerprint density at radius 1 is 1.00 bits per heavy atom. The molecule has 0 aliphatic rings. The Labute approximate surface area is 227 Å². The van der Waals surface area contributed by atoms with Crippen molar-refractivity contribution in [3.63, 3.8) is 0 Å². The average molecular weight is 526 g/mol. The molecule has 39 heavy (non-hydrogen) atoms. The van der Waals surface area contributed by atoms with Crippen LogP contribution in [0.4, 0.5) is 4.39 Å². The van der Waals surface area contributed by atoms with E-state index in [1.54, 1.807) is 16.8 Å². The molecule has 0 saturated heterocycles. The number of hydrogen-bond donors (Lipinski definition) is 2. The van der Waals surface area contributed by atoms with Crippen LogP contribution < -0.4 is 10.5 Å². The van der Waals surface area contributed by atoms with Crippen molar-refractivity contribution in [2.24, 2.45) is 0 Å². The number of aromatic amines is 1. The first kappa shape index (κ1) is 26.4. The van der Waals surface area contributed by atoms with Crippen LogP contribution in [0.3, 0.4) is 0 Å². The summed E-state index contributed by atoms with van der Waals surface area (Å²) < 4.78 is 15.3. The molecule has 5 aromatic rings. The Bertz CT molecular complexity index is 1610. The van der Waals surface area contributed by atoms with Gasteiger partial charge in [-0.15, -0.1) is 5.10 Å². The van der Waals surface area contributed by atoms with E-state index in [2.05, 4.69) is 52.6 Å². The molecule has 2 heterocycles. The van der Waals surface area contributed by atoms with Gasteiger partial charge in [-0.25, -0.2) is 9.07 Å². The quantitative estimate of drug-likeness (QED) is 0.288. The molecular formula is C31H34FN6O+. The van der Waals surface area contributed by atoms with Crippen molar-refractivity contribution < 1.29 is 9.29 Å². The summed E-state index contributed by atoms with van der Waals surface area (Å²) in [6.45, 7) is 8.03. The second-order valence-electron chi connectivity index (χ2n) is 10.3. The second-order valence-corrected chi connectivity index (χ2v) is 10.3. The summed E-state index contributed by atoms with van der Waals surface area (Å²) in [5.74, 6) is 0.485. The van der Waals surface area contributed by atoms with Gasteiger partial charge in [-0.1, -0.05) is 55.5 Å². The molecule has 8 heteroatoms. The standard InChI is InChI=1S/C31H33FN6O/c1-4-29(30-34-35-36-38(30)19-24-10-12-26(32)13-11-24)37(15-14-23-8-6-5-7-9-23)20-25-18-27-22(3)16-21(2)17-28(27)33-31(25)39/h5-13,16-18,29H,4,14-15,19-20H2,1-3H3,(H,33,39)/p+1. The topological polar surface area (TPSA) is 80.9 Å². The molecule has 0 aliphatic carbocycles. The molecule has 200 valence electrons. The summed E-state index contributed by atoms with van der Waals surface area (Å²) >= 11 is 0. The van der Waals surface area contributed by atoms with E-state index >= 15 is 0 Å². The first-order valence-electron chi connectivity index (χ1n) is 13.4. The minimum atomic E-state index is -0.273. The number of quaternary nitrogens is 1. The average Bonchev–Trinajstić information content (AvgIpc) is 3.37. The van der Waals surface area contributed by atoms with Gasteiger partial charge in [-0.05, 0) is 70.8 Å². The number of H-pyrrole nitrogens is 1. The van der Waals surface area contributed by atoms with Gasteiger partial charge in [0, 0.05) is 23.7 Å². The van der Waals surface area contributed by atoms with Crippen LogP contribution in [0, 0.1) is 19.7 Å². The SMILES string of the molecule is CCC(c1nnnn1Cc1ccc(F)cc1)[NH+](CCc1ccccc1)Cc1cc2c(C)cc(C)cc2[nH]c1=O. The van der Waals surface area contributed by atoms with E-state index in [1.165, 1.54) is 22.6 Å². The van der Waals surface area contributed by atoms with Crippen LogP contribution in [0.15, 0.2) is 77.6 Å². The van der Waals surface area contributed by atoms with Gasteiger partial charge >= 0.3 is 0 Å². The van der Waals surface area contributed by atoms with Crippen molar-refractivity contribution in [2.45, 2.75) is 52.7 Å². The lowest BCUT2D eigenvalue weighted by atomic mass is 10.0. The molecule has 2 atom stereocenters. The molecule has 0 bridgehead atoms. The molecular weight excluding hydrogens is 491 g/mol. The zero-order valence-electron chi connectivity index (χ0n) is 22.6. The largest absolute Gasteiger partial charge is 0.322 e. The van der Waals surface area contributed by atoms with Crippen molar-refractivity contribution in [2.75, 3.05) is 6.54 Å². The van der Waals surface area contributed by atoms with Gasteiger partial charge in [-0.3, -0.25) is 4.79 Å². The number of halogens is 1. The number of aryl methyl sites for hydroxylation is 2. The number of nitrogens with one attached hydrogen (secondary N) is 2. The van der Waals surface area contributed by atoms with Gasteiger partial charge in [-0.2, -0.15) is 0 Å². The number of rotatable bonds is 10. The number of nitrogens with zero attached hydrogens (tertiary/aromatic N) is 4. The molecule has 0 spiro atoms. The Kier molecular flexibility index (Phi) is 7.93. The van der Waals surface area contributed by atoms with Gasteiger partial charge in [0.15, 0.2) is 0 Å². The van der Waals surface area contributed by atoms with Gasteiger partial charge in [0.05, 0.1) is 18.7 Å². The summed E-state index contributed by atoms with van der Waals surface area (Å²) in [6, 6.07) is 22.9. The molecule has 5 rings (SSSR count). The molecule has 0 saturated carbocycles. The van der Waals surface area contributed by atoms with Crippen LogP contribution in [0.5, 0.6) is 0 Å². The summed E-state index contributed by atoms with van der Waals surface area (Å²) in [5.41, 5.74) is 5.97. The van der Waals surface area contributed by atoms with Crippen molar-refractivity contribution in [3.05, 3.63) is 123 Å². The fourth-order valence-corrected chi connectivity index (χ4v) is 5.42. The van der Waals surface area contributed by atoms with E-state index in [4.69, 9.17) is 0 Å². The van der Waals surface area contributed by atoms with Crippen molar-refractivity contribution in [1.82, 2.24) is 25.2 Å². The molecule has 0 amide bonds. The third-order valence-electron chi connectivity index (χ3n) is 7.40. The summed E-state index contributed by atoms with van der Waals surface area (Å²) in [6.07, 6.45) is 1.65. The molecule has 2 unspecified atom stereocenters. The zero-order chi connectivity index (χ0) is 27.4. The minimum Gasteiger partial charge on any atom is -0.322 e. The van der Waals surface area contributed by atoms with E-state index in [0.717, 1.165) is 58.4 Å². The van der Waals surface area contributed by atoms with Crippen LogP contribution in [-0.2, 0) is 19.5 Å². The van der Waals surface area contributed by atoms with Gasteiger partial charge in [0.1, 0.15) is 18.4 Å². The van der Waals surface area contributed by atoms with Crippen molar-refractivity contribution >= 4 is 10.9 Å². The summed E-state index contributed by atoms with van der Waals surface area (Å²) in [4.78, 5) is 17.6. The highest BCUT2D eigenvalue weighted by Gasteiger charge is 2.29. The van der Waals surface area contributed by atoms with Gasteiger partial charge < -0.3 is 9.88 Å². The molecule has 0 fully saturated rings. The summed E-state index contributed by atoms with van der Waals surface area (Å²) in [5, 5.41) is 13.8. The molecule has 2 N–H and O–H groups in total. The molecule has 0 aliphatic heterocycles. The number of pyridine rings is 1. The molecule has 0 radical (unpaired) electrons. The number of tetrazole rings is 1. The minimum absolute atomic E-state index is 0.0432. The first-order chi connectivity index (χ1) is 18.9. The van der Waals surface area contributed by atoms with E-state index in [0.29, 0.717) is 13.1 Å². The van der Waals surface area contributed by atoms with Gasteiger partial charge in [0.25, 0.3) is 5.56 Å². The third kappa shape index (κ3) is 6.12. The number of fused-ring (bicyclic) bond motifs is 1. The highest BCUT2D eigenvalue weighted by molar-refractivity contribution is 5.83. The number of aromatic nitrogens is 5. The lowest BCUT2D eigenvalue weighted by molar-refractivity contribution is -0.946. The Morgan fingerprint density at radius 2 is 1.77 bits per heavy atom. The Balaban J connectivity index is 1.49. The number of hydrogen-bond acceptors (Lipinski definition) is 4. The predicted molar refractivity (Wildman–Crippen MR) is 150 cm³/mol. The highest BCUT2D eigenvalue weighted by Crippen LogP contribution is 2.19. The van der Waals surface area contributed by atoms with Crippen LogP contribution in [0.25, 0.3) is 10.9 Å². The Hall–Kier alpha value is -4.17. The van der Waals surface area contributed by atoms with E-state index in [1.807, 2.05) is 37.3 Å². The lowest BCUT2D eigenvalue weighted by Gasteiger charge is -2.27. The van der Waals surface area contributed by atoms with Crippen LogP contribution in [-0.4, -0.2) is 31.7 Å². The third-order valence-corrected chi connectivity index (χ3v) is 7.40. The predicted octanol–water partition coefficient (Wildman–Crippen LogP) is 4.10. The van der Waals surface area contributed by atoms with Crippen LogP contribution >= 0.6 is 0 Å². The fraction of sp³-hybridized carbons (Fsp3) is 0.290. The number of benzene rings is 3. The van der Waals surface area contributed by atoms with E-state index < -0.39 is 0 Å². The van der Waals surface area contributed by atoms with E-state index in [-0.39, 0.29) is 17.4 Å². The summed E-state index contributed by atoms with van der Waals surface area (Å²) in [7, 11) is 0. The maximum absolute atomic E-state index is 13.5. The van der Waals surface area contributed by atoms with Gasteiger partial charge in [0.2, 0.25) is 5.82 Å². The monoisotopic (exact) mass is 525 g/mol. The maximum atomic E-state index is 13.5. The Morgan fingerprint density at radius 3 is 2.51 bits per heavy atom. The second kappa shape index (κ2) is 11.7. The molecule has 3 aromatic carbocycles. The molecule has 7 nitrogen and oxygen atoms in total. The molecule has 2 aromatic heterocycles. The van der Waals surface area contributed by atoms with E-state index in [9.17, 15) is 9.18 Å². The normalized spacial score (nSPS) is 13.0. The van der Waals surface area contributed by atoms with Crippen molar-refractivity contribution in [1.29, 1.82) is 0 Å². The van der Waals surface area contributed by atoms with Crippen LogP contribution in [0.1, 0.15) is 53.0 Å². The van der Waals surface area contributed by atoms with Crippen molar-refractivity contribution in [3.8, 4) is 0 Å². The van der Waals surface area contributed by atoms with Crippen LogP contribution in [0.2, 0.25) is 0 Å². The highest BCUT2D eigenvalue weighted by atomic mass is 19.1. The zero-order valence-corrected chi connectivity index (χ0v) is 22.6. The lowest BCUT2D eigenvalue weighted by Crippen LogP contribution is -3.11.